The van der Waals surface area contributed by atoms with E-state index in [9.17, 15) is 13.2 Å². The standard InChI is InChI=1S/C10H16F3N3S/c1-4-6(2)5-7(3)14-9-15-8(16-17-9)10(11,12)13/h6-7H,4-5H2,1-3H3,(H,14,15,16). The highest BCUT2D eigenvalue weighted by Crippen LogP contribution is 2.29. The summed E-state index contributed by atoms with van der Waals surface area (Å²) >= 11 is 0.747. The van der Waals surface area contributed by atoms with E-state index in [-0.39, 0.29) is 11.2 Å². The van der Waals surface area contributed by atoms with Gasteiger partial charge in [-0.25, -0.2) is 0 Å². The molecule has 0 saturated carbocycles. The highest BCUT2D eigenvalue weighted by molar-refractivity contribution is 7.09. The van der Waals surface area contributed by atoms with Crippen molar-refractivity contribution in [3.63, 3.8) is 0 Å². The molecule has 1 rings (SSSR count). The molecule has 0 spiro atoms. The van der Waals surface area contributed by atoms with Crippen LogP contribution in [-0.4, -0.2) is 15.4 Å². The molecule has 2 atom stereocenters. The van der Waals surface area contributed by atoms with E-state index >= 15 is 0 Å². The minimum Gasteiger partial charge on any atom is -0.358 e. The van der Waals surface area contributed by atoms with Crippen molar-refractivity contribution in [1.29, 1.82) is 0 Å². The van der Waals surface area contributed by atoms with Gasteiger partial charge in [0.2, 0.25) is 11.0 Å². The molecule has 0 bridgehead atoms. The summed E-state index contributed by atoms with van der Waals surface area (Å²) in [4.78, 5) is 3.43. The van der Waals surface area contributed by atoms with Crippen molar-refractivity contribution in [3.8, 4) is 0 Å². The molecule has 98 valence electrons. The fraction of sp³-hybridized carbons (Fsp3) is 0.800. The average Bonchev–Trinajstić information content (AvgIpc) is 2.65. The smallest absolute Gasteiger partial charge is 0.358 e. The van der Waals surface area contributed by atoms with Gasteiger partial charge in [0.15, 0.2) is 0 Å². The van der Waals surface area contributed by atoms with Crippen LogP contribution in [0.2, 0.25) is 0 Å². The Morgan fingerprint density at radius 2 is 2.00 bits per heavy atom. The molecular formula is C10H16F3N3S. The first-order valence-corrected chi connectivity index (χ1v) is 6.27. The molecule has 7 heteroatoms. The third-order valence-corrected chi connectivity index (χ3v) is 3.15. The monoisotopic (exact) mass is 267 g/mol. The summed E-state index contributed by atoms with van der Waals surface area (Å²) in [5.41, 5.74) is 0. The van der Waals surface area contributed by atoms with Crippen molar-refractivity contribution < 1.29 is 13.2 Å². The van der Waals surface area contributed by atoms with Crippen molar-refractivity contribution in [2.75, 3.05) is 5.32 Å². The van der Waals surface area contributed by atoms with Gasteiger partial charge >= 0.3 is 6.18 Å². The van der Waals surface area contributed by atoms with E-state index in [4.69, 9.17) is 0 Å². The Bertz CT molecular complexity index is 351. The van der Waals surface area contributed by atoms with Gasteiger partial charge in [-0.1, -0.05) is 20.3 Å². The maximum Gasteiger partial charge on any atom is 0.452 e. The largest absolute Gasteiger partial charge is 0.452 e. The Balaban J connectivity index is 2.55. The zero-order chi connectivity index (χ0) is 13.1. The topological polar surface area (TPSA) is 37.8 Å². The molecule has 0 aliphatic heterocycles. The van der Waals surface area contributed by atoms with Gasteiger partial charge in [-0.05, 0) is 19.3 Å². The predicted molar refractivity (Wildman–Crippen MR) is 62.1 cm³/mol. The summed E-state index contributed by atoms with van der Waals surface area (Å²) in [6, 6.07) is 0.0963. The minimum atomic E-state index is -4.46. The number of aromatic nitrogens is 2. The molecule has 0 aliphatic rings. The number of nitrogens with zero attached hydrogens (tertiary/aromatic N) is 2. The van der Waals surface area contributed by atoms with Gasteiger partial charge in [-0.2, -0.15) is 22.5 Å². The third-order valence-electron chi connectivity index (χ3n) is 2.50. The van der Waals surface area contributed by atoms with Crippen LogP contribution in [0.25, 0.3) is 0 Å². The Hall–Kier alpha value is -0.850. The number of rotatable bonds is 5. The number of anilines is 1. The number of alkyl halides is 3. The first-order chi connectivity index (χ1) is 7.82. The fourth-order valence-corrected chi connectivity index (χ4v) is 2.14. The van der Waals surface area contributed by atoms with Crippen molar-refractivity contribution in [3.05, 3.63) is 5.82 Å². The molecule has 0 aliphatic carbocycles. The van der Waals surface area contributed by atoms with Crippen LogP contribution in [0.1, 0.15) is 39.4 Å². The quantitative estimate of drug-likeness (QED) is 0.882. The Morgan fingerprint density at radius 1 is 1.35 bits per heavy atom. The summed E-state index contributed by atoms with van der Waals surface area (Å²) in [6.45, 7) is 6.13. The lowest BCUT2D eigenvalue weighted by Gasteiger charge is -2.16. The van der Waals surface area contributed by atoms with Crippen LogP contribution < -0.4 is 5.32 Å². The second-order valence-electron chi connectivity index (χ2n) is 4.22. The van der Waals surface area contributed by atoms with Crippen molar-refractivity contribution in [2.24, 2.45) is 5.92 Å². The van der Waals surface area contributed by atoms with Crippen molar-refractivity contribution in [1.82, 2.24) is 9.36 Å². The second kappa shape index (κ2) is 5.66. The zero-order valence-corrected chi connectivity index (χ0v) is 10.8. The van der Waals surface area contributed by atoms with Gasteiger partial charge in [-0.15, -0.1) is 0 Å². The molecule has 17 heavy (non-hydrogen) atoms. The SMILES string of the molecule is CCC(C)CC(C)Nc1nc(C(F)(F)F)ns1. The Labute approximate surface area is 103 Å². The van der Waals surface area contributed by atoms with E-state index in [2.05, 4.69) is 28.5 Å². The van der Waals surface area contributed by atoms with Crippen molar-refractivity contribution >= 4 is 16.7 Å². The number of hydrogen-bond donors (Lipinski definition) is 1. The summed E-state index contributed by atoms with van der Waals surface area (Å²) in [5.74, 6) is -0.534. The molecular weight excluding hydrogens is 251 g/mol. The predicted octanol–water partition coefficient (Wildman–Crippen LogP) is 3.79. The van der Waals surface area contributed by atoms with Crippen LogP contribution in [0.3, 0.4) is 0 Å². The summed E-state index contributed by atoms with van der Waals surface area (Å²) in [5, 5.41) is 3.17. The molecule has 1 N–H and O–H groups in total. The van der Waals surface area contributed by atoms with Crippen LogP contribution in [0.15, 0.2) is 0 Å². The molecule has 0 radical (unpaired) electrons. The Morgan fingerprint density at radius 3 is 2.47 bits per heavy atom. The van der Waals surface area contributed by atoms with Gasteiger partial charge < -0.3 is 5.32 Å². The van der Waals surface area contributed by atoms with Crippen molar-refractivity contribution in [2.45, 2.75) is 45.8 Å². The first kappa shape index (κ1) is 14.2. The van der Waals surface area contributed by atoms with Crippen LogP contribution in [0.4, 0.5) is 18.3 Å². The highest BCUT2D eigenvalue weighted by Gasteiger charge is 2.36. The molecule has 0 amide bonds. The lowest BCUT2D eigenvalue weighted by atomic mass is 10.0. The maximum absolute atomic E-state index is 12.3. The van der Waals surface area contributed by atoms with E-state index in [1.54, 1.807) is 0 Å². The van der Waals surface area contributed by atoms with Crippen LogP contribution in [-0.2, 0) is 6.18 Å². The molecule has 0 saturated heterocycles. The molecule has 2 unspecified atom stereocenters. The normalized spacial score (nSPS) is 15.6. The highest BCUT2D eigenvalue weighted by atomic mass is 32.1. The minimum absolute atomic E-state index is 0.0963. The lowest BCUT2D eigenvalue weighted by Crippen LogP contribution is -2.18. The van der Waals surface area contributed by atoms with Crippen LogP contribution in [0.5, 0.6) is 0 Å². The molecule has 1 heterocycles. The molecule has 0 aromatic carbocycles. The number of halogens is 3. The van der Waals surface area contributed by atoms with E-state index in [0.717, 1.165) is 24.4 Å². The molecule has 1 aromatic rings. The number of hydrogen-bond acceptors (Lipinski definition) is 4. The maximum atomic E-state index is 12.3. The summed E-state index contributed by atoms with van der Waals surface area (Å²) < 4.78 is 40.1. The lowest BCUT2D eigenvalue weighted by molar-refractivity contribution is -0.144. The van der Waals surface area contributed by atoms with E-state index in [1.807, 2.05) is 6.92 Å². The van der Waals surface area contributed by atoms with E-state index in [1.165, 1.54) is 0 Å². The first-order valence-electron chi connectivity index (χ1n) is 5.50. The van der Waals surface area contributed by atoms with Gasteiger partial charge in [0.05, 0.1) is 0 Å². The summed E-state index contributed by atoms with van der Waals surface area (Å²) in [6.07, 6.45) is -2.51. The Kier molecular flexibility index (Phi) is 4.73. The zero-order valence-electron chi connectivity index (χ0n) is 10.0. The van der Waals surface area contributed by atoms with E-state index in [0.29, 0.717) is 5.92 Å². The van der Waals surface area contributed by atoms with Crippen LogP contribution in [0, 0.1) is 5.92 Å². The second-order valence-corrected chi connectivity index (χ2v) is 4.97. The molecule has 3 nitrogen and oxygen atoms in total. The van der Waals surface area contributed by atoms with Gasteiger partial charge in [-0.3, -0.25) is 0 Å². The van der Waals surface area contributed by atoms with Gasteiger partial charge in [0.25, 0.3) is 0 Å². The fourth-order valence-electron chi connectivity index (χ4n) is 1.44. The molecule has 1 aromatic heterocycles. The van der Waals surface area contributed by atoms with E-state index < -0.39 is 12.0 Å². The van der Waals surface area contributed by atoms with Crippen LogP contribution >= 0.6 is 11.5 Å². The van der Waals surface area contributed by atoms with Gasteiger partial charge in [0, 0.05) is 17.6 Å². The molecule has 0 fully saturated rings. The van der Waals surface area contributed by atoms with Gasteiger partial charge in [0.1, 0.15) is 0 Å². The third kappa shape index (κ3) is 4.49. The summed E-state index contributed by atoms with van der Waals surface area (Å²) in [7, 11) is 0. The number of nitrogens with one attached hydrogen (secondary N) is 1. The average molecular weight is 267 g/mol.